The molecule has 0 aliphatic carbocycles. The number of amides is 2. The number of aliphatic hydroxyl groups is 1. The molecule has 5 nitrogen and oxygen atoms in total. The van der Waals surface area contributed by atoms with Crippen molar-refractivity contribution in [2.75, 3.05) is 26.2 Å². The number of aliphatic hydroxyl groups excluding tert-OH is 1. The van der Waals surface area contributed by atoms with Crippen molar-refractivity contribution in [3.8, 4) is 11.8 Å². The molecule has 0 radical (unpaired) electrons. The number of carbonyl (C=O) groups is 2. The van der Waals surface area contributed by atoms with Gasteiger partial charge in [0.05, 0.1) is 5.56 Å². The lowest BCUT2D eigenvalue weighted by Gasteiger charge is -2.20. The summed E-state index contributed by atoms with van der Waals surface area (Å²) in [7, 11) is 0. The van der Waals surface area contributed by atoms with E-state index in [1.54, 1.807) is 29.2 Å². The van der Waals surface area contributed by atoms with Crippen molar-refractivity contribution in [2.45, 2.75) is 6.42 Å². The van der Waals surface area contributed by atoms with E-state index in [0.717, 1.165) is 0 Å². The van der Waals surface area contributed by atoms with Gasteiger partial charge in [0, 0.05) is 31.6 Å². The molecule has 1 aromatic rings. The topological polar surface area (TPSA) is 69.6 Å². The van der Waals surface area contributed by atoms with E-state index in [0.29, 0.717) is 37.2 Å². The van der Waals surface area contributed by atoms with Gasteiger partial charge in [-0.2, -0.15) is 0 Å². The van der Waals surface area contributed by atoms with Crippen LogP contribution in [-0.4, -0.2) is 48.1 Å². The summed E-state index contributed by atoms with van der Waals surface area (Å²) in [5, 5.41) is 11.5. The van der Waals surface area contributed by atoms with E-state index in [4.69, 9.17) is 5.11 Å². The normalized spacial score (nSPS) is 14.8. The van der Waals surface area contributed by atoms with E-state index in [2.05, 4.69) is 17.2 Å². The minimum Gasteiger partial charge on any atom is -0.384 e. The molecular formula is C15H16N2O3. The van der Waals surface area contributed by atoms with Gasteiger partial charge in [-0.1, -0.05) is 24.0 Å². The Morgan fingerprint density at radius 1 is 1.35 bits per heavy atom. The van der Waals surface area contributed by atoms with Gasteiger partial charge >= 0.3 is 0 Å². The largest absolute Gasteiger partial charge is 0.384 e. The zero-order valence-corrected chi connectivity index (χ0v) is 11.1. The Labute approximate surface area is 117 Å². The Bertz CT molecular complexity index is 572. The van der Waals surface area contributed by atoms with Crippen LogP contribution in [0.2, 0.25) is 0 Å². The van der Waals surface area contributed by atoms with Crippen molar-refractivity contribution in [1.82, 2.24) is 10.2 Å². The van der Waals surface area contributed by atoms with Crippen LogP contribution in [0.5, 0.6) is 0 Å². The molecule has 1 aromatic carbocycles. The lowest BCUT2D eigenvalue weighted by molar-refractivity contribution is -0.120. The number of benzene rings is 1. The Morgan fingerprint density at radius 3 is 2.95 bits per heavy atom. The van der Waals surface area contributed by atoms with Gasteiger partial charge in [-0.3, -0.25) is 9.59 Å². The fourth-order valence-corrected chi connectivity index (χ4v) is 2.05. The molecule has 2 amide bonds. The van der Waals surface area contributed by atoms with Crippen LogP contribution in [-0.2, 0) is 4.79 Å². The fraction of sp³-hybridized carbons (Fsp3) is 0.333. The summed E-state index contributed by atoms with van der Waals surface area (Å²) in [5.74, 6) is 5.16. The van der Waals surface area contributed by atoms with Crippen molar-refractivity contribution < 1.29 is 14.7 Å². The van der Waals surface area contributed by atoms with Gasteiger partial charge in [0.2, 0.25) is 5.91 Å². The second-order valence-electron chi connectivity index (χ2n) is 4.40. The zero-order chi connectivity index (χ0) is 14.4. The van der Waals surface area contributed by atoms with Crippen LogP contribution in [0.25, 0.3) is 0 Å². The molecule has 1 aliphatic rings. The van der Waals surface area contributed by atoms with E-state index in [9.17, 15) is 9.59 Å². The highest BCUT2D eigenvalue weighted by Gasteiger charge is 2.21. The number of hydrogen-bond donors (Lipinski definition) is 2. The van der Waals surface area contributed by atoms with Crippen LogP contribution in [0.4, 0.5) is 0 Å². The van der Waals surface area contributed by atoms with Crippen molar-refractivity contribution >= 4 is 11.8 Å². The second kappa shape index (κ2) is 6.73. The van der Waals surface area contributed by atoms with E-state index in [1.165, 1.54) is 0 Å². The second-order valence-corrected chi connectivity index (χ2v) is 4.40. The third-order valence-corrected chi connectivity index (χ3v) is 3.06. The lowest BCUT2D eigenvalue weighted by Crippen LogP contribution is -2.34. The fourth-order valence-electron chi connectivity index (χ4n) is 2.05. The van der Waals surface area contributed by atoms with Crippen LogP contribution >= 0.6 is 0 Å². The summed E-state index contributed by atoms with van der Waals surface area (Å²) >= 11 is 0. The highest BCUT2D eigenvalue weighted by Crippen LogP contribution is 2.12. The van der Waals surface area contributed by atoms with Crippen LogP contribution in [0.3, 0.4) is 0 Å². The maximum atomic E-state index is 12.5. The quantitative estimate of drug-likeness (QED) is 0.707. The van der Waals surface area contributed by atoms with E-state index < -0.39 is 0 Å². The van der Waals surface area contributed by atoms with Gasteiger partial charge in [-0.15, -0.1) is 0 Å². The lowest BCUT2D eigenvalue weighted by atomic mass is 10.1. The van der Waals surface area contributed by atoms with E-state index >= 15 is 0 Å². The van der Waals surface area contributed by atoms with Gasteiger partial charge in [0.25, 0.3) is 5.91 Å². The first-order chi connectivity index (χ1) is 9.72. The highest BCUT2D eigenvalue weighted by molar-refractivity contribution is 5.97. The van der Waals surface area contributed by atoms with Crippen LogP contribution in [0.1, 0.15) is 22.3 Å². The molecule has 0 aromatic heterocycles. The molecule has 2 rings (SSSR count). The van der Waals surface area contributed by atoms with Crippen LogP contribution < -0.4 is 5.32 Å². The number of hydrogen-bond acceptors (Lipinski definition) is 3. The first-order valence-electron chi connectivity index (χ1n) is 6.47. The first kappa shape index (κ1) is 14.1. The summed E-state index contributed by atoms with van der Waals surface area (Å²) in [5.41, 5.74) is 1.10. The molecule has 1 fully saturated rings. The third kappa shape index (κ3) is 3.37. The number of carbonyl (C=O) groups excluding carboxylic acids is 2. The Balaban J connectivity index is 2.22. The molecular weight excluding hydrogens is 256 g/mol. The predicted molar refractivity (Wildman–Crippen MR) is 73.9 cm³/mol. The summed E-state index contributed by atoms with van der Waals surface area (Å²) in [4.78, 5) is 25.4. The van der Waals surface area contributed by atoms with E-state index in [-0.39, 0.29) is 18.4 Å². The maximum absolute atomic E-state index is 12.5. The Hall–Kier alpha value is -2.32. The molecule has 2 N–H and O–H groups in total. The maximum Gasteiger partial charge on any atom is 0.255 e. The van der Waals surface area contributed by atoms with E-state index in [1.807, 2.05) is 0 Å². The molecule has 0 spiro atoms. The molecule has 20 heavy (non-hydrogen) atoms. The smallest absolute Gasteiger partial charge is 0.255 e. The average molecular weight is 272 g/mol. The van der Waals surface area contributed by atoms with Crippen molar-refractivity contribution in [3.05, 3.63) is 35.4 Å². The molecule has 0 atom stereocenters. The molecule has 1 aliphatic heterocycles. The third-order valence-electron chi connectivity index (χ3n) is 3.06. The van der Waals surface area contributed by atoms with Crippen molar-refractivity contribution in [2.24, 2.45) is 0 Å². The summed E-state index contributed by atoms with van der Waals surface area (Å²) < 4.78 is 0. The van der Waals surface area contributed by atoms with Crippen LogP contribution in [0, 0.1) is 11.8 Å². The molecule has 0 saturated carbocycles. The highest BCUT2D eigenvalue weighted by atomic mass is 16.2. The van der Waals surface area contributed by atoms with Gasteiger partial charge < -0.3 is 15.3 Å². The standard InChI is InChI=1S/C15H16N2O3/c18-11-3-5-12-4-1-2-6-13(12)15(20)17-9-7-14(19)16-8-10-17/h1-2,4,6,18H,7-11H2,(H,16,19). The Kier molecular flexibility index (Phi) is 4.75. The minimum atomic E-state index is -0.245. The molecule has 0 bridgehead atoms. The number of nitrogens with one attached hydrogen (secondary N) is 1. The summed E-state index contributed by atoms with van der Waals surface area (Å²) in [6.07, 6.45) is 0.316. The monoisotopic (exact) mass is 272 g/mol. The summed E-state index contributed by atoms with van der Waals surface area (Å²) in [6, 6.07) is 7.03. The zero-order valence-electron chi connectivity index (χ0n) is 11.1. The van der Waals surface area contributed by atoms with Gasteiger partial charge in [-0.05, 0) is 12.1 Å². The molecule has 104 valence electrons. The first-order valence-corrected chi connectivity index (χ1v) is 6.47. The number of rotatable bonds is 1. The predicted octanol–water partition coefficient (Wildman–Crippen LogP) is -0.00750. The van der Waals surface area contributed by atoms with Crippen molar-refractivity contribution in [3.63, 3.8) is 0 Å². The van der Waals surface area contributed by atoms with Gasteiger partial charge in [-0.25, -0.2) is 0 Å². The average Bonchev–Trinajstić information content (AvgIpc) is 2.69. The Morgan fingerprint density at radius 2 is 2.15 bits per heavy atom. The number of nitrogens with zero attached hydrogens (tertiary/aromatic N) is 1. The SMILES string of the molecule is O=C1CCN(C(=O)c2ccccc2C#CCO)CCN1. The summed E-state index contributed by atoms with van der Waals surface area (Å²) in [6.45, 7) is 1.12. The van der Waals surface area contributed by atoms with Gasteiger partial charge in [0.15, 0.2) is 0 Å². The van der Waals surface area contributed by atoms with Crippen molar-refractivity contribution in [1.29, 1.82) is 0 Å². The molecule has 0 unspecified atom stereocenters. The van der Waals surface area contributed by atoms with Gasteiger partial charge in [0.1, 0.15) is 6.61 Å². The molecule has 5 heteroatoms. The molecule has 1 saturated heterocycles. The minimum absolute atomic E-state index is 0.0337. The molecule has 1 heterocycles. The van der Waals surface area contributed by atoms with Crippen LogP contribution in [0.15, 0.2) is 24.3 Å².